The van der Waals surface area contributed by atoms with Crippen LogP contribution in [0.15, 0.2) is 36.4 Å². The van der Waals surface area contributed by atoms with Gasteiger partial charge in [0.1, 0.15) is 15.5 Å². The molecule has 1 aliphatic heterocycles. The number of benzene rings is 1. The summed E-state index contributed by atoms with van der Waals surface area (Å²) in [5.74, 6) is -1.39. The molecule has 1 aromatic carbocycles. The second-order valence-electron chi connectivity index (χ2n) is 7.61. The van der Waals surface area contributed by atoms with E-state index in [1.165, 1.54) is 43.8 Å². The first-order valence-corrected chi connectivity index (χ1v) is 11.1. The average Bonchev–Trinajstić information content (AvgIpc) is 3.13. The molecule has 6 nitrogen and oxygen atoms in total. The first kappa shape index (κ1) is 21.4. The number of esters is 1. The zero-order valence-corrected chi connectivity index (χ0v) is 18.1. The molecule has 0 spiro atoms. The van der Waals surface area contributed by atoms with E-state index in [9.17, 15) is 14.0 Å². The number of thiophene rings is 1. The number of methoxy groups -OCH3 is 1. The highest BCUT2D eigenvalue weighted by atomic mass is 32.1. The molecule has 31 heavy (non-hydrogen) atoms. The van der Waals surface area contributed by atoms with Gasteiger partial charge in [-0.15, -0.1) is 11.3 Å². The normalized spacial score (nSPS) is 14.5. The summed E-state index contributed by atoms with van der Waals surface area (Å²) in [6.45, 7) is 2.89. The maximum atomic E-state index is 13.9. The lowest BCUT2D eigenvalue weighted by Crippen LogP contribution is -2.29. The summed E-state index contributed by atoms with van der Waals surface area (Å²) in [6.07, 6.45) is 3.54. The molecule has 0 atom stereocenters. The maximum absolute atomic E-state index is 13.9. The largest absolute Gasteiger partial charge is 0.465 e. The first-order chi connectivity index (χ1) is 15.0. The van der Waals surface area contributed by atoms with Crippen LogP contribution in [0.2, 0.25) is 0 Å². The number of hydrogen-bond acceptors (Lipinski definition) is 6. The van der Waals surface area contributed by atoms with Gasteiger partial charge in [-0.25, -0.2) is 14.2 Å². The Bertz CT molecular complexity index is 1110. The summed E-state index contributed by atoms with van der Waals surface area (Å²) >= 11 is 1.19. The summed E-state index contributed by atoms with van der Waals surface area (Å²) in [5, 5.41) is 3.45. The molecule has 3 aromatic rings. The lowest BCUT2D eigenvalue weighted by molar-refractivity contribution is -0.115. The number of carbonyl (C=O) groups is 2. The molecule has 1 aliphatic rings. The summed E-state index contributed by atoms with van der Waals surface area (Å²) in [6, 6.07) is 9.94. The Morgan fingerprint density at radius 3 is 2.68 bits per heavy atom. The lowest BCUT2D eigenvalue weighted by atomic mass is 10.1. The predicted octanol–water partition coefficient (Wildman–Crippen LogP) is 4.39. The third-order valence-electron chi connectivity index (χ3n) is 5.39. The van der Waals surface area contributed by atoms with E-state index in [1.807, 2.05) is 12.1 Å². The van der Waals surface area contributed by atoms with Gasteiger partial charge in [-0.1, -0.05) is 24.6 Å². The number of rotatable bonds is 6. The Balaban J connectivity index is 1.60. The van der Waals surface area contributed by atoms with Crippen molar-refractivity contribution in [1.82, 2.24) is 9.88 Å². The van der Waals surface area contributed by atoms with Crippen LogP contribution >= 0.6 is 11.3 Å². The molecule has 0 radical (unpaired) electrons. The number of halogens is 1. The van der Waals surface area contributed by atoms with Crippen LogP contribution in [0.25, 0.3) is 10.2 Å². The molecule has 4 rings (SSSR count). The third kappa shape index (κ3) is 4.91. The van der Waals surface area contributed by atoms with Gasteiger partial charge < -0.3 is 10.1 Å². The van der Waals surface area contributed by atoms with Gasteiger partial charge in [-0.05, 0) is 49.7 Å². The number of fused-ring (bicyclic) bond motifs is 1. The highest BCUT2D eigenvalue weighted by Crippen LogP contribution is 2.36. The van der Waals surface area contributed by atoms with E-state index in [-0.39, 0.29) is 11.3 Å². The number of carbonyl (C=O) groups excluding carboxylic acids is 2. The van der Waals surface area contributed by atoms with Crippen molar-refractivity contribution in [2.45, 2.75) is 32.2 Å². The van der Waals surface area contributed by atoms with E-state index in [2.05, 4.69) is 10.2 Å². The summed E-state index contributed by atoms with van der Waals surface area (Å²) < 4.78 is 18.8. The van der Waals surface area contributed by atoms with Crippen molar-refractivity contribution in [3.63, 3.8) is 0 Å². The Labute approximate surface area is 184 Å². The SMILES string of the molecule is COC(=O)c1sc2nc(CN3CCCCC3)ccc2c1NC(=O)Cc1ccccc1F. The number of nitrogens with one attached hydrogen (secondary N) is 1. The maximum Gasteiger partial charge on any atom is 0.350 e. The molecule has 3 heterocycles. The Morgan fingerprint density at radius 2 is 1.94 bits per heavy atom. The van der Waals surface area contributed by atoms with Crippen molar-refractivity contribution in [3.05, 3.63) is 58.3 Å². The van der Waals surface area contributed by atoms with E-state index in [0.29, 0.717) is 21.5 Å². The van der Waals surface area contributed by atoms with E-state index in [0.717, 1.165) is 25.3 Å². The van der Waals surface area contributed by atoms with Gasteiger partial charge in [0.05, 0.1) is 24.9 Å². The number of ether oxygens (including phenoxy) is 1. The van der Waals surface area contributed by atoms with E-state index in [4.69, 9.17) is 9.72 Å². The number of pyridine rings is 1. The average molecular weight is 442 g/mol. The molecular weight excluding hydrogens is 417 g/mol. The number of anilines is 1. The van der Waals surface area contributed by atoms with Crippen molar-refractivity contribution >= 4 is 39.1 Å². The van der Waals surface area contributed by atoms with E-state index < -0.39 is 17.7 Å². The van der Waals surface area contributed by atoms with Crippen molar-refractivity contribution in [1.29, 1.82) is 0 Å². The molecule has 1 N–H and O–H groups in total. The zero-order valence-electron chi connectivity index (χ0n) is 17.3. The van der Waals surface area contributed by atoms with E-state index >= 15 is 0 Å². The summed E-state index contributed by atoms with van der Waals surface area (Å²) in [7, 11) is 1.30. The molecule has 162 valence electrons. The van der Waals surface area contributed by atoms with Crippen LogP contribution in [-0.2, 0) is 22.5 Å². The van der Waals surface area contributed by atoms with Crippen LogP contribution in [-0.4, -0.2) is 42.0 Å². The molecular formula is C23H24FN3O3S. The Kier molecular flexibility index (Phi) is 6.58. The van der Waals surface area contributed by atoms with Gasteiger partial charge >= 0.3 is 5.97 Å². The van der Waals surface area contributed by atoms with Crippen molar-refractivity contribution < 1.29 is 18.7 Å². The van der Waals surface area contributed by atoms with Crippen molar-refractivity contribution in [2.75, 3.05) is 25.5 Å². The molecule has 0 saturated carbocycles. The lowest BCUT2D eigenvalue weighted by Gasteiger charge is -2.25. The zero-order chi connectivity index (χ0) is 21.8. The molecule has 2 aromatic heterocycles. The fourth-order valence-corrected chi connectivity index (χ4v) is 4.88. The first-order valence-electron chi connectivity index (χ1n) is 10.3. The molecule has 0 bridgehead atoms. The number of nitrogens with zero attached hydrogens (tertiary/aromatic N) is 2. The number of likely N-dealkylation sites (tertiary alicyclic amines) is 1. The smallest absolute Gasteiger partial charge is 0.350 e. The number of aromatic nitrogens is 1. The van der Waals surface area contributed by atoms with Gasteiger partial charge in [-0.2, -0.15) is 0 Å². The standard InChI is InChI=1S/C23H24FN3O3S/c1-30-23(29)21-20(26-19(28)13-15-7-3-4-8-18(15)24)17-10-9-16(25-22(17)31-21)14-27-11-5-2-6-12-27/h3-4,7-10H,2,5-6,11-14H2,1H3,(H,26,28). The Hall–Kier alpha value is -2.84. The van der Waals surface area contributed by atoms with Crippen LogP contribution < -0.4 is 5.32 Å². The molecule has 1 saturated heterocycles. The van der Waals surface area contributed by atoms with Crippen LogP contribution in [0, 0.1) is 5.82 Å². The summed E-state index contributed by atoms with van der Waals surface area (Å²) in [5.41, 5.74) is 1.59. The minimum atomic E-state index is -0.540. The second-order valence-corrected chi connectivity index (χ2v) is 8.61. The fraction of sp³-hybridized carbons (Fsp3) is 0.348. The molecule has 1 fully saturated rings. The number of hydrogen-bond donors (Lipinski definition) is 1. The van der Waals surface area contributed by atoms with Crippen LogP contribution in [0.5, 0.6) is 0 Å². The molecule has 0 aliphatic carbocycles. The minimum absolute atomic E-state index is 0.134. The molecule has 8 heteroatoms. The topological polar surface area (TPSA) is 71.5 Å². The highest BCUT2D eigenvalue weighted by molar-refractivity contribution is 7.21. The van der Waals surface area contributed by atoms with Gasteiger partial charge in [0.25, 0.3) is 0 Å². The van der Waals surface area contributed by atoms with Crippen LogP contribution in [0.4, 0.5) is 10.1 Å². The summed E-state index contributed by atoms with van der Waals surface area (Å²) in [4.78, 5) is 33.0. The number of piperidine rings is 1. The fourth-order valence-electron chi connectivity index (χ4n) is 3.81. The van der Waals surface area contributed by atoms with Crippen LogP contribution in [0.1, 0.15) is 40.2 Å². The van der Waals surface area contributed by atoms with Crippen LogP contribution in [0.3, 0.4) is 0 Å². The Morgan fingerprint density at radius 1 is 1.16 bits per heavy atom. The highest BCUT2D eigenvalue weighted by Gasteiger charge is 2.23. The van der Waals surface area contributed by atoms with Gasteiger partial charge in [-0.3, -0.25) is 9.69 Å². The molecule has 0 unspecified atom stereocenters. The number of amides is 1. The van der Waals surface area contributed by atoms with Crippen molar-refractivity contribution in [2.24, 2.45) is 0 Å². The third-order valence-corrected chi connectivity index (χ3v) is 6.47. The van der Waals surface area contributed by atoms with Gasteiger partial charge in [0, 0.05) is 11.9 Å². The quantitative estimate of drug-likeness (QED) is 0.575. The minimum Gasteiger partial charge on any atom is -0.465 e. The van der Waals surface area contributed by atoms with Gasteiger partial charge in [0.15, 0.2) is 0 Å². The van der Waals surface area contributed by atoms with E-state index in [1.54, 1.807) is 18.2 Å². The van der Waals surface area contributed by atoms with Gasteiger partial charge in [0.2, 0.25) is 5.91 Å². The molecule has 1 amide bonds. The second kappa shape index (κ2) is 9.53. The predicted molar refractivity (Wildman–Crippen MR) is 119 cm³/mol. The monoisotopic (exact) mass is 441 g/mol. The van der Waals surface area contributed by atoms with Crippen molar-refractivity contribution in [3.8, 4) is 0 Å².